The molecule has 5 nitrogen and oxygen atoms in total. The third-order valence-electron chi connectivity index (χ3n) is 3.29. The second-order valence-corrected chi connectivity index (χ2v) is 5.00. The molecule has 21 heavy (non-hydrogen) atoms. The van der Waals surface area contributed by atoms with E-state index in [0.717, 1.165) is 25.3 Å². The fraction of sp³-hybridized carbons (Fsp3) is 0.533. The topological polar surface area (TPSA) is 79.3 Å². The lowest BCUT2D eigenvalue weighted by Gasteiger charge is -2.15. The van der Waals surface area contributed by atoms with Crippen LogP contribution in [-0.4, -0.2) is 28.5 Å². The number of nitrogens with one attached hydrogen (secondary N) is 1. The van der Waals surface area contributed by atoms with Crippen LogP contribution in [0.5, 0.6) is 0 Å². The molecule has 0 aliphatic rings. The summed E-state index contributed by atoms with van der Waals surface area (Å²) in [6.07, 6.45) is 4.64. The maximum absolute atomic E-state index is 12.7. The lowest BCUT2D eigenvalue weighted by molar-refractivity contribution is -0.137. The Morgan fingerprint density at radius 3 is 2.67 bits per heavy atom. The Kier molecular flexibility index (Phi) is 7.36. The van der Waals surface area contributed by atoms with Gasteiger partial charge in [-0.15, -0.1) is 0 Å². The lowest BCUT2D eigenvalue weighted by Crippen LogP contribution is -2.26. The maximum atomic E-state index is 12.7. The summed E-state index contributed by atoms with van der Waals surface area (Å²) in [6, 6.07) is 2.52. The number of halogens is 1. The van der Waals surface area contributed by atoms with Gasteiger partial charge in [0.15, 0.2) is 0 Å². The molecule has 2 N–H and O–H groups in total. The standard InChI is InChI=1S/C15H21FN2O3/c1-2-3-11(4-7-14(19)20)8-9-17-15(21)12-5-6-13(16)18-10-12/h5-6,10-11H,2-4,7-9H2,1H3,(H,17,21)(H,19,20). The van der Waals surface area contributed by atoms with E-state index >= 15 is 0 Å². The van der Waals surface area contributed by atoms with Crippen LogP contribution in [0.25, 0.3) is 0 Å². The fourth-order valence-electron chi connectivity index (χ4n) is 2.17. The van der Waals surface area contributed by atoms with E-state index in [-0.39, 0.29) is 18.2 Å². The summed E-state index contributed by atoms with van der Waals surface area (Å²) >= 11 is 0. The third kappa shape index (κ3) is 6.83. The van der Waals surface area contributed by atoms with Gasteiger partial charge in [0.2, 0.25) is 5.95 Å². The number of rotatable bonds is 9. The number of carboxylic acid groups (broad SMARTS) is 1. The van der Waals surface area contributed by atoms with E-state index in [0.29, 0.717) is 18.5 Å². The van der Waals surface area contributed by atoms with Gasteiger partial charge in [0.25, 0.3) is 5.91 Å². The van der Waals surface area contributed by atoms with Gasteiger partial charge in [-0.3, -0.25) is 9.59 Å². The van der Waals surface area contributed by atoms with Crippen LogP contribution in [0.3, 0.4) is 0 Å². The van der Waals surface area contributed by atoms with E-state index in [1.807, 2.05) is 0 Å². The monoisotopic (exact) mass is 296 g/mol. The highest BCUT2D eigenvalue weighted by molar-refractivity contribution is 5.93. The molecular weight excluding hydrogens is 275 g/mol. The predicted octanol–water partition coefficient (Wildman–Crippen LogP) is 2.62. The Hall–Kier alpha value is -1.98. The number of hydrogen-bond acceptors (Lipinski definition) is 3. The van der Waals surface area contributed by atoms with Crippen LogP contribution in [0.4, 0.5) is 4.39 Å². The summed E-state index contributed by atoms with van der Waals surface area (Å²) in [6.45, 7) is 2.52. The first-order valence-corrected chi connectivity index (χ1v) is 7.14. The van der Waals surface area contributed by atoms with Gasteiger partial charge < -0.3 is 10.4 Å². The first-order valence-electron chi connectivity index (χ1n) is 7.14. The molecule has 1 unspecified atom stereocenters. The number of carboxylic acids is 1. The van der Waals surface area contributed by atoms with Crippen LogP contribution in [-0.2, 0) is 4.79 Å². The van der Waals surface area contributed by atoms with Gasteiger partial charge >= 0.3 is 5.97 Å². The van der Waals surface area contributed by atoms with Crippen molar-refractivity contribution in [3.8, 4) is 0 Å². The van der Waals surface area contributed by atoms with Gasteiger partial charge in [-0.25, -0.2) is 4.98 Å². The first kappa shape index (κ1) is 17.1. The molecule has 0 radical (unpaired) electrons. The van der Waals surface area contributed by atoms with Crippen molar-refractivity contribution in [3.63, 3.8) is 0 Å². The Balaban J connectivity index is 2.36. The summed E-state index contributed by atoms with van der Waals surface area (Å²) in [5, 5.41) is 11.5. The van der Waals surface area contributed by atoms with Crippen LogP contribution in [0.1, 0.15) is 49.4 Å². The van der Waals surface area contributed by atoms with Crippen molar-refractivity contribution in [1.29, 1.82) is 0 Å². The Morgan fingerprint density at radius 1 is 1.33 bits per heavy atom. The molecule has 0 aliphatic heterocycles. The average Bonchev–Trinajstić information content (AvgIpc) is 2.45. The number of nitrogens with zero attached hydrogens (tertiary/aromatic N) is 1. The molecule has 116 valence electrons. The smallest absolute Gasteiger partial charge is 0.303 e. The number of pyridine rings is 1. The highest BCUT2D eigenvalue weighted by atomic mass is 19.1. The second-order valence-electron chi connectivity index (χ2n) is 5.00. The molecule has 0 saturated carbocycles. The zero-order chi connectivity index (χ0) is 15.7. The molecule has 1 rings (SSSR count). The molecule has 0 saturated heterocycles. The van der Waals surface area contributed by atoms with Crippen molar-refractivity contribution >= 4 is 11.9 Å². The Labute approximate surface area is 123 Å². The third-order valence-corrected chi connectivity index (χ3v) is 3.29. The van der Waals surface area contributed by atoms with Crippen LogP contribution in [0.2, 0.25) is 0 Å². The molecule has 0 aromatic carbocycles. The molecule has 0 fully saturated rings. The Morgan fingerprint density at radius 2 is 2.10 bits per heavy atom. The molecule has 1 heterocycles. The number of amides is 1. The molecule has 0 bridgehead atoms. The van der Waals surface area contributed by atoms with Gasteiger partial charge in [0, 0.05) is 19.2 Å². The van der Waals surface area contributed by atoms with Gasteiger partial charge in [0.1, 0.15) is 0 Å². The van der Waals surface area contributed by atoms with Crippen LogP contribution in [0, 0.1) is 11.9 Å². The van der Waals surface area contributed by atoms with Gasteiger partial charge in [-0.05, 0) is 30.9 Å². The highest BCUT2D eigenvalue weighted by Crippen LogP contribution is 2.17. The zero-order valence-electron chi connectivity index (χ0n) is 12.1. The van der Waals surface area contributed by atoms with Crippen LogP contribution >= 0.6 is 0 Å². The van der Waals surface area contributed by atoms with Crippen LogP contribution in [0.15, 0.2) is 18.3 Å². The quantitative estimate of drug-likeness (QED) is 0.687. The molecule has 0 aliphatic carbocycles. The molecule has 6 heteroatoms. The number of hydrogen-bond donors (Lipinski definition) is 2. The Bertz CT molecular complexity index is 462. The molecule has 1 aromatic heterocycles. The number of aliphatic carboxylic acids is 1. The summed E-state index contributed by atoms with van der Waals surface area (Å²) < 4.78 is 12.7. The molecular formula is C15H21FN2O3. The van der Waals surface area contributed by atoms with Crippen molar-refractivity contribution in [1.82, 2.24) is 10.3 Å². The van der Waals surface area contributed by atoms with Crippen molar-refractivity contribution in [2.75, 3.05) is 6.54 Å². The summed E-state index contributed by atoms with van der Waals surface area (Å²) in [5.41, 5.74) is 0.314. The predicted molar refractivity (Wildman–Crippen MR) is 76.4 cm³/mol. The highest BCUT2D eigenvalue weighted by Gasteiger charge is 2.11. The van der Waals surface area contributed by atoms with Crippen molar-refractivity contribution in [3.05, 3.63) is 29.8 Å². The van der Waals surface area contributed by atoms with Crippen molar-refractivity contribution in [2.45, 2.75) is 39.0 Å². The maximum Gasteiger partial charge on any atom is 0.303 e. The minimum atomic E-state index is -0.794. The number of carbonyl (C=O) groups is 2. The van der Waals surface area contributed by atoms with E-state index in [1.54, 1.807) is 0 Å². The summed E-state index contributed by atoms with van der Waals surface area (Å²) in [4.78, 5) is 25.8. The number of aromatic nitrogens is 1. The summed E-state index contributed by atoms with van der Waals surface area (Å²) in [7, 11) is 0. The van der Waals surface area contributed by atoms with Crippen molar-refractivity contribution < 1.29 is 19.1 Å². The SMILES string of the molecule is CCCC(CCNC(=O)c1ccc(F)nc1)CCC(=O)O. The van der Waals surface area contributed by atoms with Gasteiger partial charge in [-0.1, -0.05) is 19.8 Å². The molecule has 1 amide bonds. The number of carbonyl (C=O) groups excluding carboxylic acids is 1. The minimum absolute atomic E-state index is 0.153. The molecule has 1 atom stereocenters. The lowest BCUT2D eigenvalue weighted by atomic mass is 9.94. The van der Waals surface area contributed by atoms with E-state index in [2.05, 4.69) is 17.2 Å². The minimum Gasteiger partial charge on any atom is -0.481 e. The zero-order valence-corrected chi connectivity index (χ0v) is 12.1. The fourth-order valence-corrected chi connectivity index (χ4v) is 2.17. The van der Waals surface area contributed by atoms with Gasteiger partial charge in [-0.2, -0.15) is 4.39 Å². The first-order chi connectivity index (χ1) is 10.0. The normalized spacial score (nSPS) is 11.9. The second kappa shape index (κ2) is 9.05. The average molecular weight is 296 g/mol. The van der Waals surface area contributed by atoms with Gasteiger partial charge in [0.05, 0.1) is 5.56 Å². The van der Waals surface area contributed by atoms with E-state index < -0.39 is 11.9 Å². The molecule has 1 aromatic rings. The van der Waals surface area contributed by atoms with Crippen molar-refractivity contribution in [2.24, 2.45) is 5.92 Å². The molecule has 0 spiro atoms. The van der Waals surface area contributed by atoms with E-state index in [1.165, 1.54) is 12.3 Å². The van der Waals surface area contributed by atoms with Crippen LogP contribution < -0.4 is 5.32 Å². The van der Waals surface area contributed by atoms with E-state index in [4.69, 9.17) is 5.11 Å². The van der Waals surface area contributed by atoms with E-state index in [9.17, 15) is 14.0 Å². The largest absolute Gasteiger partial charge is 0.481 e. The summed E-state index contributed by atoms with van der Waals surface area (Å²) in [5.74, 6) is -1.42.